The summed E-state index contributed by atoms with van der Waals surface area (Å²) < 4.78 is 5.74. The number of aromatic nitrogens is 2. The molecule has 0 N–H and O–H groups in total. The number of nitrogens with zero attached hydrogens (tertiary/aromatic N) is 3. The summed E-state index contributed by atoms with van der Waals surface area (Å²) in [5.74, 6) is 0.649. The number of hydrogen-bond acceptors (Lipinski definition) is 5. The number of anilines is 2. The van der Waals surface area contributed by atoms with Gasteiger partial charge in [0.15, 0.2) is 0 Å². The Balaban J connectivity index is 1.40. The van der Waals surface area contributed by atoms with Crippen LogP contribution in [0.4, 0.5) is 11.4 Å². The van der Waals surface area contributed by atoms with E-state index >= 15 is 0 Å². The molecule has 0 saturated carbocycles. The lowest BCUT2D eigenvalue weighted by Crippen LogP contribution is -2.28. The molecule has 0 fully saturated rings. The number of carbonyl (C=O) groups excluding carboxylic acids is 1. The molecule has 1 amide bonds. The van der Waals surface area contributed by atoms with Crippen molar-refractivity contribution in [2.24, 2.45) is 0 Å². The molecule has 4 aromatic rings. The SMILES string of the molecule is O=C(CSc1nnc(-c2ccccc2)o1)N1c2ccccc2CCc2ccccc21. The van der Waals surface area contributed by atoms with Crippen LogP contribution in [0.2, 0.25) is 0 Å². The summed E-state index contributed by atoms with van der Waals surface area (Å²) in [7, 11) is 0. The zero-order chi connectivity index (χ0) is 20.3. The fourth-order valence-corrected chi connectivity index (χ4v) is 4.31. The highest BCUT2D eigenvalue weighted by molar-refractivity contribution is 7.99. The lowest BCUT2D eigenvalue weighted by molar-refractivity contribution is -0.115. The molecule has 2 heterocycles. The van der Waals surface area contributed by atoms with Gasteiger partial charge in [-0.3, -0.25) is 9.69 Å². The Hall–Kier alpha value is -3.38. The van der Waals surface area contributed by atoms with Crippen LogP contribution in [-0.4, -0.2) is 21.9 Å². The molecule has 6 heteroatoms. The highest BCUT2D eigenvalue weighted by atomic mass is 32.2. The summed E-state index contributed by atoms with van der Waals surface area (Å²) in [5, 5.41) is 8.58. The standard InChI is InChI=1S/C24H19N3O2S/c28-22(16-30-24-26-25-23(29-24)19-10-2-1-3-11-19)27-20-12-6-4-8-17(20)14-15-18-9-5-7-13-21(18)27/h1-13H,14-16H2. The number of para-hydroxylation sites is 2. The number of aryl methyl sites for hydroxylation is 2. The monoisotopic (exact) mass is 413 g/mol. The second-order valence-electron chi connectivity index (χ2n) is 7.01. The number of benzene rings is 3. The maximum atomic E-state index is 13.3. The third kappa shape index (κ3) is 3.62. The van der Waals surface area contributed by atoms with Crippen LogP contribution in [0.5, 0.6) is 0 Å². The van der Waals surface area contributed by atoms with E-state index < -0.39 is 0 Å². The van der Waals surface area contributed by atoms with Crippen molar-refractivity contribution < 1.29 is 9.21 Å². The molecule has 1 aromatic heterocycles. The van der Waals surface area contributed by atoms with Gasteiger partial charge in [0.05, 0.1) is 17.1 Å². The van der Waals surface area contributed by atoms with E-state index in [4.69, 9.17) is 4.42 Å². The molecule has 1 aliphatic heterocycles. The minimum Gasteiger partial charge on any atom is -0.411 e. The van der Waals surface area contributed by atoms with Gasteiger partial charge in [-0.1, -0.05) is 66.4 Å². The summed E-state index contributed by atoms with van der Waals surface area (Å²) in [6.07, 6.45) is 1.82. The molecule has 30 heavy (non-hydrogen) atoms. The Bertz CT molecular complexity index is 1140. The summed E-state index contributed by atoms with van der Waals surface area (Å²) in [5.41, 5.74) is 5.11. The van der Waals surface area contributed by atoms with Gasteiger partial charge in [-0.25, -0.2) is 0 Å². The van der Waals surface area contributed by atoms with Gasteiger partial charge in [0.1, 0.15) is 0 Å². The zero-order valence-electron chi connectivity index (χ0n) is 16.2. The first-order chi connectivity index (χ1) is 14.8. The Labute approximate surface area is 178 Å². The Morgan fingerprint density at radius 3 is 2.10 bits per heavy atom. The molecule has 5 rings (SSSR count). The van der Waals surface area contributed by atoms with Crippen molar-refractivity contribution in [3.8, 4) is 11.5 Å². The first kappa shape index (κ1) is 18.6. The molecule has 0 radical (unpaired) electrons. The predicted octanol–water partition coefficient (Wildman–Crippen LogP) is 5.29. The smallest absolute Gasteiger partial charge is 0.277 e. The van der Waals surface area contributed by atoms with Crippen molar-refractivity contribution in [3.63, 3.8) is 0 Å². The van der Waals surface area contributed by atoms with E-state index in [-0.39, 0.29) is 11.7 Å². The van der Waals surface area contributed by atoms with E-state index in [9.17, 15) is 4.79 Å². The second kappa shape index (κ2) is 8.16. The summed E-state index contributed by atoms with van der Waals surface area (Å²) in [6.45, 7) is 0. The number of amides is 1. The molecule has 0 atom stereocenters. The molecule has 5 nitrogen and oxygen atoms in total. The largest absolute Gasteiger partial charge is 0.411 e. The van der Waals surface area contributed by atoms with Gasteiger partial charge in [0, 0.05) is 5.56 Å². The lowest BCUT2D eigenvalue weighted by Gasteiger charge is -2.24. The maximum Gasteiger partial charge on any atom is 0.277 e. The van der Waals surface area contributed by atoms with Gasteiger partial charge >= 0.3 is 0 Å². The van der Waals surface area contributed by atoms with Gasteiger partial charge in [-0.05, 0) is 48.2 Å². The first-order valence-corrected chi connectivity index (χ1v) is 10.8. The number of carbonyl (C=O) groups is 1. The van der Waals surface area contributed by atoms with E-state index in [2.05, 4.69) is 22.3 Å². The lowest BCUT2D eigenvalue weighted by atomic mass is 10.0. The van der Waals surface area contributed by atoms with Crippen LogP contribution in [0.3, 0.4) is 0 Å². The zero-order valence-corrected chi connectivity index (χ0v) is 17.0. The third-order valence-corrected chi connectivity index (χ3v) is 5.93. The Kier molecular flexibility index (Phi) is 5.07. The van der Waals surface area contributed by atoms with Crippen LogP contribution < -0.4 is 4.90 Å². The summed E-state index contributed by atoms with van der Waals surface area (Å²) >= 11 is 1.26. The fraction of sp³-hybridized carbons (Fsp3) is 0.125. The molecule has 0 saturated heterocycles. The van der Waals surface area contributed by atoms with E-state index in [1.54, 1.807) is 0 Å². The highest BCUT2D eigenvalue weighted by Crippen LogP contribution is 2.36. The maximum absolute atomic E-state index is 13.3. The second-order valence-corrected chi connectivity index (χ2v) is 7.94. The number of rotatable bonds is 4. The van der Waals surface area contributed by atoms with Crippen LogP contribution in [0.25, 0.3) is 11.5 Å². The van der Waals surface area contributed by atoms with Crippen LogP contribution in [0.1, 0.15) is 11.1 Å². The van der Waals surface area contributed by atoms with E-state index in [0.29, 0.717) is 11.1 Å². The minimum absolute atomic E-state index is 0.0127. The van der Waals surface area contributed by atoms with Gasteiger partial charge in [-0.15, -0.1) is 10.2 Å². The van der Waals surface area contributed by atoms with Crippen LogP contribution in [0, 0.1) is 0 Å². The molecule has 148 valence electrons. The van der Waals surface area contributed by atoms with Gasteiger partial charge < -0.3 is 4.42 Å². The van der Waals surface area contributed by atoms with Crippen molar-refractivity contribution in [3.05, 3.63) is 90.0 Å². The topological polar surface area (TPSA) is 59.2 Å². The molecule has 1 aliphatic rings. The van der Waals surface area contributed by atoms with Crippen molar-refractivity contribution in [2.45, 2.75) is 18.1 Å². The van der Waals surface area contributed by atoms with Crippen LogP contribution in [0.15, 0.2) is 88.5 Å². The average Bonchev–Trinajstić information content (AvgIpc) is 3.21. The normalized spacial score (nSPS) is 12.7. The van der Waals surface area contributed by atoms with Gasteiger partial charge in [0.2, 0.25) is 11.8 Å². The van der Waals surface area contributed by atoms with E-state index in [1.807, 2.05) is 71.6 Å². The fourth-order valence-electron chi connectivity index (χ4n) is 3.70. The molecule has 0 bridgehead atoms. The Morgan fingerprint density at radius 1 is 0.833 bits per heavy atom. The first-order valence-electron chi connectivity index (χ1n) is 9.80. The van der Waals surface area contributed by atoms with Gasteiger partial charge in [-0.2, -0.15) is 0 Å². The van der Waals surface area contributed by atoms with Crippen molar-refractivity contribution >= 4 is 29.0 Å². The molecule has 0 spiro atoms. The van der Waals surface area contributed by atoms with E-state index in [0.717, 1.165) is 29.8 Å². The minimum atomic E-state index is -0.0127. The summed E-state index contributed by atoms with van der Waals surface area (Å²) in [6, 6.07) is 25.8. The molecule has 3 aromatic carbocycles. The van der Waals surface area contributed by atoms with Crippen molar-refractivity contribution in [2.75, 3.05) is 10.7 Å². The number of thioether (sulfide) groups is 1. The quantitative estimate of drug-likeness (QED) is 0.425. The molecule has 0 unspecified atom stereocenters. The predicted molar refractivity (Wildman–Crippen MR) is 118 cm³/mol. The molecular formula is C24H19N3O2S. The highest BCUT2D eigenvalue weighted by Gasteiger charge is 2.26. The van der Waals surface area contributed by atoms with Crippen LogP contribution in [-0.2, 0) is 17.6 Å². The van der Waals surface area contributed by atoms with Gasteiger partial charge in [0.25, 0.3) is 5.22 Å². The summed E-state index contributed by atoms with van der Waals surface area (Å²) in [4.78, 5) is 15.2. The molecular weight excluding hydrogens is 394 g/mol. The van der Waals surface area contributed by atoms with E-state index in [1.165, 1.54) is 22.9 Å². The van der Waals surface area contributed by atoms with Crippen molar-refractivity contribution in [1.82, 2.24) is 10.2 Å². The third-order valence-electron chi connectivity index (χ3n) is 5.12. The van der Waals surface area contributed by atoms with Crippen LogP contribution >= 0.6 is 11.8 Å². The number of hydrogen-bond donors (Lipinski definition) is 0. The molecule has 0 aliphatic carbocycles. The number of fused-ring (bicyclic) bond motifs is 2. The Morgan fingerprint density at radius 2 is 1.43 bits per heavy atom. The van der Waals surface area contributed by atoms with Crippen molar-refractivity contribution in [1.29, 1.82) is 0 Å². The average molecular weight is 414 g/mol.